The van der Waals surface area contributed by atoms with Crippen molar-refractivity contribution in [1.29, 1.82) is 0 Å². The minimum absolute atomic E-state index is 1.08. The predicted octanol–water partition coefficient (Wildman–Crippen LogP) is 5.03. The molecule has 3 saturated carbocycles. The van der Waals surface area contributed by atoms with Gasteiger partial charge in [0.1, 0.15) is 0 Å². The lowest BCUT2D eigenvalue weighted by Gasteiger charge is -2.34. The molecule has 0 saturated heterocycles. The molecule has 0 aromatic carbocycles. The van der Waals surface area contributed by atoms with Crippen LogP contribution in [0.5, 0.6) is 0 Å². The number of fused-ring (bicyclic) bond motifs is 1. The van der Waals surface area contributed by atoms with Crippen LogP contribution in [0.4, 0.5) is 0 Å². The molecule has 3 fully saturated rings. The molecule has 3 aliphatic rings. The monoisotopic (exact) mass is 220 g/mol. The predicted molar refractivity (Wildman–Crippen MR) is 69.3 cm³/mol. The average Bonchev–Trinajstić information content (AvgIpc) is 2.91. The third kappa shape index (κ3) is 1.93. The summed E-state index contributed by atoms with van der Waals surface area (Å²) in [5.41, 5.74) is 0. The van der Waals surface area contributed by atoms with E-state index in [0.717, 1.165) is 23.7 Å². The average molecular weight is 220 g/mol. The minimum Gasteiger partial charge on any atom is -0.0651 e. The van der Waals surface area contributed by atoms with Crippen LogP contribution in [-0.4, -0.2) is 0 Å². The summed E-state index contributed by atoms with van der Waals surface area (Å²) in [6.45, 7) is 2.38. The molecular formula is C16H28. The van der Waals surface area contributed by atoms with Gasteiger partial charge in [-0.25, -0.2) is 0 Å². The smallest absolute Gasteiger partial charge is 0.0355 e. The van der Waals surface area contributed by atoms with Crippen LogP contribution in [0.2, 0.25) is 0 Å². The Balaban J connectivity index is 1.58. The first-order valence-corrected chi connectivity index (χ1v) is 7.88. The maximum atomic E-state index is 2.38. The van der Waals surface area contributed by atoms with E-state index in [1.165, 1.54) is 12.3 Å². The molecule has 0 N–H and O–H groups in total. The molecule has 0 heterocycles. The molecule has 0 spiro atoms. The van der Waals surface area contributed by atoms with E-state index < -0.39 is 0 Å². The van der Waals surface area contributed by atoms with Gasteiger partial charge in [-0.3, -0.25) is 0 Å². The lowest BCUT2D eigenvalue weighted by molar-refractivity contribution is 0.163. The summed E-state index contributed by atoms with van der Waals surface area (Å²) < 4.78 is 0. The van der Waals surface area contributed by atoms with Gasteiger partial charge in [-0.05, 0) is 61.7 Å². The SMILES string of the molecule is CCC1CCC(C2CCC3CCCC32)CC1. The highest BCUT2D eigenvalue weighted by atomic mass is 14.5. The van der Waals surface area contributed by atoms with Crippen LogP contribution in [0.25, 0.3) is 0 Å². The van der Waals surface area contributed by atoms with Crippen molar-refractivity contribution in [1.82, 2.24) is 0 Å². The highest BCUT2D eigenvalue weighted by Crippen LogP contribution is 2.53. The molecule has 0 bridgehead atoms. The molecular weight excluding hydrogens is 192 g/mol. The van der Waals surface area contributed by atoms with Gasteiger partial charge in [0.2, 0.25) is 0 Å². The van der Waals surface area contributed by atoms with E-state index in [1.54, 1.807) is 57.8 Å². The summed E-state index contributed by atoms with van der Waals surface area (Å²) in [5, 5.41) is 0. The summed E-state index contributed by atoms with van der Waals surface area (Å²) in [7, 11) is 0. The highest BCUT2D eigenvalue weighted by molar-refractivity contribution is 4.93. The van der Waals surface area contributed by atoms with Gasteiger partial charge in [-0.2, -0.15) is 0 Å². The van der Waals surface area contributed by atoms with Gasteiger partial charge < -0.3 is 0 Å². The molecule has 16 heavy (non-hydrogen) atoms. The first-order valence-electron chi connectivity index (χ1n) is 7.88. The second kappa shape index (κ2) is 4.70. The maximum Gasteiger partial charge on any atom is -0.0355 e. The van der Waals surface area contributed by atoms with E-state index in [1.807, 2.05) is 0 Å². The van der Waals surface area contributed by atoms with Crippen molar-refractivity contribution in [2.75, 3.05) is 0 Å². The molecule has 3 atom stereocenters. The summed E-state index contributed by atoms with van der Waals surface area (Å²) in [4.78, 5) is 0. The van der Waals surface area contributed by atoms with Crippen molar-refractivity contribution in [2.24, 2.45) is 29.6 Å². The Kier molecular flexibility index (Phi) is 3.27. The molecule has 3 aliphatic carbocycles. The number of rotatable bonds is 2. The summed E-state index contributed by atoms with van der Waals surface area (Å²) in [6.07, 6.45) is 15.6. The van der Waals surface area contributed by atoms with Crippen molar-refractivity contribution < 1.29 is 0 Å². The lowest BCUT2D eigenvalue weighted by Crippen LogP contribution is -2.24. The summed E-state index contributed by atoms with van der Waals surface area (Å²) in [6, 6.07) is 0. The van der Waals surface area contributed by atoms with Crippen LogP contribution >= 0.6 is 0 Å². The van der Waals surface area contributed by atoms with E-state index in [2.05, 4.69) is 6.92 Å². The molecule has 0 aromatic rings. The zero-order valence-corrected chi connectivity index (χ0v) is 11.0. The Labute approximate surface area is 101 Å². The van der Waals surface area contributed by atoms with Crippen LogP contribution < -0.4 is 0 Å². The second-order valence-electron chi connectivity index (χ2n) is 6.79. The van der Waals surface area contributed by atoms with Crippen LogP contribution in [0.3, 0.4) is 0 Å². The van der Waals surface area contributed by atoms with Crippen molar-refractivity contribution in [3.8, 4) is 0 Å². The summed E-state index contributed by atoms with van der Waals surface area (Å²) >= 11 is 0. The maximum absolute atomic E-state index is 2.38. The van der Waals surface area contributed by atoms with Crippen LogP contribution in [0.1, 0.15) is 71.1 Å². The van der Waals surface area contributed by atoms with Gasteiger partial charge in [-0.15, -0.1) is 0 Å². The third-order valence-corrected chi connectivity index (χ3v) is 6.21. The zero-order valence-electron chi connectivity index (χ0n) is 11.0. The standard InChI is InChI=1S/C16H28/c1-2-12-6-8-14(9-7-12)16-11-10-13-4-3-5-15(13)16/h12-16H,2-11H2,1H3. The van der Waals surface area contributed by atoms with E-state index in [9.17, 15) is 0 Å². The van der Waals surface area contributed by atoms with Crippen LogP contribution in [0, 0.1) is 29.6 Å². The molecule has 0 heteroatoms. The Morgan fingerprint density at radius 3 is 2.06 bits per heavy atom. The molecule has 0 nitrogen and oxygen atoms in total. The van der Waals surface area contributed by atoms with Crippen LogP contribution in [0.15, 0.2) is 0 Å². The Morgan fingerprint density at radius 2 is 1.31 bits per heavy atom. The van der Waals surface area contributed by atoms with E-state index in [4.69, 9.17) is 0 Å². The molecule has 92 valence electrons. The fourth-order valence-corrected chi connectivity index (χ4v) is 5.22. The minimum atomic E-state index is 1.08. The van der Waals surface area contributed by atoms with Gasteiger partial charge in [0.05, 0.1) is 0 Å². The van der Waals surface area contributed by atoms with Crippen molar-refractivity contribution in [3.05, 3.63) is 0 Å². The van der Waals surface area contributed by atoms with Gasteiger partial charge in [0.15, 0.2) is 0 Å². The van der Waals surface area contributed by atoms with E-state index >= 15 is 0 Å². The van der Waals surface area contributed by atoms with Gasteiger partial charge in [0.25, 0.3) is 0 Å². The first kappa shape index (κ1) is 11.1. The fourth-order valence-electron chi connectivity index (χ4n) is 5.22. The third-order valence-electron chi connectivity index (χ3n) is 6.21. The highest BCUT2D eigenvalue weighted by Gasteiger charge is 2.42. The topological polar surface area (TPSA) is 0 Å². The molecule has 3 unspecified atom stereocenters. The quantitative estimate of drug-likeness (QED) is 0.612. The molecule has 0 aromatic heterocycles. The van der Waals surface area contributed by atoms with Crippen LogP contribution in [-0.2, 0) is 0 Å². The van der Waals surface area contributed by atoms with E-state index in [-0.39, 0.29) is 0 Å². The van der Waals surface area contributed by atoms with Crippen molar-refractivity contribution in [2.45, 2.75) is 71.1 Å². The second-order valence-corrected chi connectivity index (χ2v) is 6.79. The van der Waals surface area contributed by atoms with E-state index in [0.29, 0.717) is 0 Å². The normalized spacial score (nSPS) is 48.2. The van der Waals surface area contributed by atoms with Gasteiger partial charge in [0, 0.05) is 0 Å². The fraction of sp³-hybridized carbons (Fsp3) is 1.00. The Bertz CT molecular complexity index is 224. The Hall–Kier alpha value is 0. The number of hydrogen-bond donors (Lipinski definition) is 0. The molecule has 0 radical (unpaired) electrons. The lowest BCUT2D eigenvalue weighted by atomic mass is 9.71. The van der Waals surface area contributed by atoms with Gasteiger partial charge >= 0.3 is 0 Å². The first-order chi connectivity index (χ1) is 7.88. The van der Waals surface area contributed by atoms with Crippen molar-refractivity contribution in [3.63, 3.8) is 0 Å². The largest absolute Gasteiger partial charge is 0.0651 e. The molecule has 0 amide bonds. The number of hydrogen-bond acceptors (Lipinski definition) is 0. The summed E-state index contributed by atoms with van der Waals surface area (Å²) in [5.74, 6) is 5.70. The molecule has 0 aliphatic heterocycles. The van der Waals surface area contributed by atoms with Gasteiger partial charge in [-0.1, -0.05) is 39.0 Å². The zero-order chi connectivity index (χ0) is 11.0. The Morgan fingerprint density at radius 1 is 0.688 bits per heavy atom. The molecule has 3 rings (SSSR count). The van der Waals surface area contributed by atoms with Crippen molar-refractivity contribution >= 4 is 0 Å².